The summed E-state index contributed by atoms with van der Waals surface area (Å²) in [6.45, 7) is 5.33. The second-order valence-electron chi connectivity index (χ2n) is 6.34. The Morgan fingerprint density at radius 2 is 1.90 bits per heavy atom. The second-order valence-corrected chi connectivity index (χ2v) is 6.34. The highest BCUT2D eigenvalue weighted by Gasteiger charge is 2.31. The van der Waals surface area contributed by atoms with Crippen LogP contribution in [-0.2, 0) is 4.79 Å². The van der Waals surface area contributed by atoms with E-state index in [9.17, 15) is 4.79 Å². The van der Waals surface area contributed by atoms with Crippen LogP contribution in [-0.4, -0.2) is 48.4 Å². The lowest BCUT2D eigenvalue weighted by atomic mass is 10.1. The monoisotopic (exact) mass is 287 g/mol. The predicted molar refractivity (Wildman–Crippen MR) is 83.7 cm³/mol. The highest BCUT2D eigenvalue weighted by molar-refractivity contribution is 5.83. The molecule has 0 radical (unpaired) electrons. The van der Waals surface area contributed by atoms with Gasteiger partial charge in [0.25, 0.3) is 0 Å². The number of carbonyl (C=O) groups is 1. The van der Waals surface area contributed by atoms with Crippen LogP contribution in [0, 0.1) is 5.92 Å². The van der Waals surface area contributed by atoms with Crippen LogP contribution >= 0.6 is 0 Å². The molecule has 2 fully saturated rings. The Hall–Kier alpha value is -1.39. The van der Waals surface area contributed by atoms with Gasteiger partial charge in [-0.2, -0.15) is 0 Å². The summed E-state index contributed by atoms with van der Waals surface area (Å²) in [4.78, 5) is 17.0. The number of amides is 1. The number of nitrogens with zero attached hydrogens (tertiary/aromatic N) is 2. The maximum atomic E-state index is 12.5. The number of likely N-dealkylation sites (tertiary alicyclic amines) is 2. The molecule has 0 aromatic heterocycles. The van der Waals surface area contributed by atoms with E-state index in [2.05, 4.69) is 4.90 Å². The first-order chi connectivity index (χ1) is 10.2. The lowest BCUT2D eigenvalue weighted by Gasteiger charge is -2.23. The van der Waals surface area contributed by atoms with E-state index in [0.29, 0.717) is 5.92 Å². The third-order valence-corrected chi connectivity index (χ3v) is 4.74. The van der Waals surface area contributed by atoms with Crippen molar-refractivity contribution in [1.82, 2.24) is 9.80 Å². The van der Waals surface area contributed by atoms with Crippen LogP contribution in [0.2, 0.25) is 0 Å². The van der Waals surface area contributed by atoms with E-state index >= 15 is 0 Å². The Balaban J connectivity index is 1.54. The molecule has 114 valence electrons. The van der Waals surface area contributed by atoms with Crippen molar-refractivity contribution < 1.29 is 4.79 Å². The molecular weight excluding hydrogens is 262 g/mol. The van der Waals surface area contributed by atoms with E-state index < -0.39 is 6.04 Å². The van der Waals surface area contributed by atoms with Gasteiger partial charge in [0.15, 0.2) is 0 Å². The Morgan fingerprint density at radius 1 is 1.19 bits per heavy atom. The molecule has 2 unspecified atom stereocenters. The van der Waals surface area contributed by atoms with Crippen molar-refractivity contribution >= 4 is 5.91 Å². The predicted octanol–water partition coefficient (Wildman–Crippen LogP) is 1.63. The van der Waals surface area contributed by atoms with Crippen molar-refractivity contribution in [2.45, 2.75) is 25.3 Å². The van der Waals surface area contributed by atoms with Crippen LogP contribution < -0.4 is 5.73 Å². The van der Waals surface area contributed by atoms with Gasteiger partial charge >= 0.3 is 0 Å². The SMILES string of the molecule is NC(C(=O)N1CCC(CN2CCCC2)C1)c1ccccc1. The standard InChI is InChI=1S/C17H25N3O/c18-16(15-6-2-1-3-7-15)17(21)20-11-8-14(13-20)12-19-9-4-5-10-19/h1-3,6-7,14,16H,4-5,8-13,18H2. The zero-order chi connectivity index (χ0) is 14.7. The fraction of sp³-hybridized carbons (Fsp3) is 0.588. The molecule has 0 spiro atoms. The van der Waals surface area contributed by atoms with E-state index in [1.54, 1.807) is 0 Å². The number of benzene rings is 1. The van der Waals surface area contributed by atoms with Crippen molar-refractivity contribution in [3.63, 3.8) is 0 Å². The molecule has 3 rings (SSSR count). The van der Waals surface area contributed by atoms with Gasteiger partial charge in [-0.3, -0.25) is 4.79 Å². The molecule has 1 aromatic carbocycles. The lowest BCUT2D eigenvalue weighted by molar-refractivity contribution is -0.131. The summed E-state index contributed by atoms with van der Waals surface area (Å²) in [6, 6.07) is 9.16. The average Bonchev–Trinajstić information content (AvgIpc) is 3.19. The van der Waals surface area contributed by atoms with E-state index in [0.717, 1.165) is 31.6 Å². The van der Waals surface area contributed by atoms with Gasteiger partial charge in [-0.1, -0.05) is 30.3 Å². The van der Waals surface area contributed by atoms with Gasteiger partial charge in [0.1, 0.15) is 6.04 Å². The van der Waals surface area contributed by atoms with E-state index in [1.165, 1.54) is 25.9 Å². The minimum Gasteiger partial charge on any atom is -0.341 e. The quantitative estimate of drug-likeness (QED) is 0.915. The average molecular weight is 287 g/mol. The summed E-state index contributed by atoms with van der Waals surface area (Å²) < 4.78 is 0. The zero-order valence-electron chi connectivity index (χ0n) is 12.6. The van der Waals surface area contributed by atoms with E-state index in [4.69, 9.17) is 5.73 Å². The number of hydrogen-bond acceptors (Lipinski definition) is 3. The topological polar surface area (TPSA) is 49.6 Å². The Bertz CT molecular complexity index is 470. The lowest BCUT2D eigenvalue weighted by Crippen LogP contribution is -2.38. The number of rotatable bonds is 4. The molecule has 1 amide bonds. The summed E-state index contributed by atoms with van der Waals surface area (Å²) in [5.41, 5.74) is 7.03. The van der Waals surface area contributed by atoms with E-state index in [-0.39, 0.29) is 5.91 Å². The van der Waals surface area contributed by atoms with Gasteiger partial charge < -0.3 is 15.5 Å². The third kappa shape index (κ3) is 3.44. The van der Waals surface area contributed by atoms with Crippen molar-refractivity contribution in [2.24, 2.45) is 11.7 Å². The summed E-state index contributed by atoms with van der Waals surface area (Å²) in [5.74, 6) is 0.695. The molecule has 21 heavy (non-hydrogen) atoms. The van der Waals surface area contributed by atoms with Gasteiger partial charge in [-0.05, 0) is 43.8 Å². The van der Waals surface area contributed by atoms with Crippen molar-refractivity contribution in [3.05, 3.63) is 35.9 Å². The number of carbonyl (C=O) groups excluding carboxylic acids is 1. The van der Waals surface area contributed by atoms with E-state index in [1.807, 2.05) is 35.2 Å². The van der Waals surface area contributed by atoms with Gasteiger partial charge in [0.2, 0.25) is 5.91 Å². The summed E-state index contributed by atoms with van der Waals surface area (Å²) in [5, 5.41) is 0. The van der Waals surface area contributed by atoms with Gasteiger partial charge in [-0.25, -0.2) is 0 Å². The van der Waals surface area contributed by atoms with Crippen LogP contribution in [0.4, 0.5) is 0 Å². The van der Waals surface area contributed by atoms with Crippen LogP contribution in [0.1, 0.15) is 30.9 Å². The zero-order valence-corrected chi connectivity index (χ0v) is 12.6. The smallest absolute Gasteiger partial charge is 0.244 e. The molecule has 2 heterocycles. The van der Waals surface area contributed by atoms with Crippen LogP contribution in [0.3, 0.4) is 0 Å². The van der Waals surface area contributed by atoms with Crippen LogP contribution in [0.25, 0.3) is 0 Å². The first-order valence-corrected chi connectivity index (χ1v) is 8.05. The maximum Gasteiger partial charge on any atom is 0.244 e. The molecule has 4 heteroatoms. The van der Waals surface area contributed by atoms with Crippen molar-refractivity contribution in [1.29, 1.82) is 0 Å². The highest BCUT2D eigenvalue weighted by atomic mass is 16.2. The normalized spacial score (nSPS) is 24.4. The largest absolute Gasteiger partial charge is 0.341 e. The highest BCUT2D eigenvalue weighted by Crippen LogP contribution is 2.22. The van der Waals surface area contributed by atoms with Crippen molar-refractivity contribution in [3.8, 4) is 0 Å². The third-order valence-electron chi connectivity index (χ3n) is 4.74. The number of nitrogens with two attached hydrogens (primary N) is 1. The van der Waals surface area contributed by atoms with Gasteiger partial charge in [-0.15, -0.1) is 0 Å². The molecule has 4 nitrogen and oxygen atoms in total. The van der Waals surface area contributed by atoms with Gasteiger partial charge in [0.05, 0.1) is 0 Å². The fourth-order valence-electron chi connectivity index (χ4n) is 3.51. The van der Waals surface area contributed by atoms with Crippen molar-refractivity contribution in [2.75, 3.05) is 32.7 Å². The molecule has 2 aliphatic rings. The van der Waals surface area contributed by atoms with Gasteiger partial charge in [0, 0.05) is 19.6 Å². The first kappa shape index (κ1) is 14.5. The number of hydrogen-bond donors (Lipinski definition) is 1. The summed E-state index contributed by atoms with van der Waals surface area (Å²) in [6.07, 6.45) is 3.77. The Kier molecular flexibility index (Phi) is 4.56. The van der Waals surface area contributed by atoms with Crippen LogP contribution in [0.15, 0.2) is 30.3 Å². The fourth-order valence-corrected chi connectivity index (χ4v) is 3.51. The molecule has 2 atom stereocenters. The molecule has 2 saturated heterocycles. The molecular formula is C17H25N3O. The van der Waals surface area contributed by atoms with Crippen LogP contribution in [0.5, 0.6) is 0 Å². The molecule has 0 saturated carbocycles. The first-order valence-electron chi connectivity index (χ1n) is 8.05. The Labute approximate surface area is 126 Å². The minimum atomic E-state index is -0.517. The minimum absolute atomic E-state index is 0.0742. The maximum absolute atomic E-state index is 12.5. The molecule has 2 N–H and O–H groups in total. The molecule has 1 aromatic rings. The second kappa shape index (κ2) is 6.58. The molecule has 0 aliphatic carbocycles. The summed E-state index contributed by atoms with van der Waals surface area (Å²) in [7, 11) is 0. The molecule has 2 aliphatic heterocycles. The Morgan fingerprint density at radius 3 is 2.62 bits per heavy atom. The molecule has 0 bridgehead atoms. The summed E-state index contributed by atoms with van der Waals surface area (Å²) >= 11 is 0.